The first-order valence-electron chi connectivity index (χ1n) is 8.76. The minimum atomic E-state index is -0.167. The van der Waals surface area contributed by atoms with Gasteiger partial charge in [0.15, 0.2) is 0 Å². The van der Waals surface area contributed by atoms with E-state index in [9.17, 15) is 4.79 Å². The van der Waals surface area contributed by atoms with Gasteiger partial charge in [0.2, 0.25) is 0 Å². The lowest BCUT2D eigenvalue weighted by Crippen LogP contribution is -2.50. The molecule has 0 radical (unpaired) electrons. The van der Waals surface area contributed by atoms with Gasteiger partial charge in [0.05, 0.1) is 18.8 Å². The number of nitrogens with zero attached hydrogens (tertiary/aromatic N) is 2. The summed E-state index contributed by atoms with van der Waals surface area (Å²) in [6.07, 6.45) is 4.99. The molecule has 3 heterocycles. The maximum atomic E-state index is 12.8. The van der Waals surface area contributed by atoms with Gasteiger partial charge < -0.3 is 14.2 Å². The maximum Gasteiger partial charge on any atom is 0.270 e. The molecule has 126 valence electrons. The van der Waals surface area contributed by atoms with Crippen LogP contribution in [0.1, 0.15) is 41.2 Å². The second kappa shape index (κ2) is 6.10. The SMILES string of the molecule is Cn1cccc1C(=O)N1CCC[C@@]2(C[C@@H](c3ccccc3)CO2)C1. The lowest BCUT2D eigenvalue weighted by atomic mass is 9.84. The van der Waals surface area contributed by atoms with Crippen LogP contribution in [0.5, 0.6) is 0 Å². The molecule has 2 atom stereocenters. The monoisotopic (exact) mass is 324 g/mol. The number of carbonyl (C=O) groups is 1. The summed E-state index contributed by atoms with van der Waals surface area (Å²) < 4.78 is 8.17. The summed E-state index contributed by atoms with van der Waals surface area (Å²) in [6, 6.07) is 14.4. The highest BCUT2D eigenvalue weighted by atomic mass is 16.5. The van der Waals surface area contributed by atoms with E-state index >= 15 is 0 Å². The van der Waals surface area contributed by atoms with Crippen LogP contribution in [0, 0.1) is 0 Å². The number of hydrogen-bond donors (Lipinski definition) is 0. The van der Waals surface area contributed by atoms with Crippen molar-refractivity contribution in [3.63, 3.8) is 0 Å². The molecule has 4 nitrogen and oxygen atoms in total. The van der Waals surface area contributed by atoms with Crippen molar-refractivity contribution < 1.29 is 9.53 Å². The Labute approximate surface area is 143 Å². The van der Waals surface area contributed by atoms with Crippen molar-refractivity contribution in [2.45, 2.75) is 30.8 Å². The number of carbonyl (C=O) groups excluding carboxylic acids is 1. The van der Waals surface area contributed by atoms with Gasteiger partial charge in [-0.2, -0.15) is 0 Å². The average molecular weight is 324 g/mol. The van der Waals surface area contributed by atoms with E-state index in [0.29, 0.717) is 12.5 Å². The molecule has 0 unspecified atom stereocenters. The topological polar surface area (TPSA) is 34.5 Å². The van der Waals surface area contributed by atoms with Crippen LogP contribution in [0.4, 0.5) is 0 Å². The third kappa shape index (κ3) is 2.75. The zero-order chi connectivity index (χ0) is 16.6. The van der Waals surface area contributed by atoms with Crippen LogP contribution in [-0.4, -0.2) is 40.7 Å². The van der Waals surface area contributed by atoms with Crippen LogP contribution < -0.4 is 0 Å². The second-order valence-corrected chi connectivity index (χ2v) is 7.14. The highest BCUT2D eigenvalue weighted by Crippen LogP contribution is 2.41. The number of aryl methyl sites for hydroxylation is 1. The zero-order valence-electron chi connectivity index (χ0n) is 14.1. The smallest absolute Gasteiger partial charge is 0.270 e. The summed E-state index contributed by atoms with van der Waals surface area (Å²) in [6.45, 7) is 2.29. The van der Waals surface area contributed by atoms with E-state index < -0.39 is 0 Å². The van der Waals surface area contributed by atoms with Crippen LogP contribution in [0.3, 0.4) is 0 Å². The number of piperidine rings is 1. The van der Waals surface area contributed by atoms with Crippen LogP contribution in [0.15, 0.2) is 48.7 Å². The Balaban J connectivity index is 1.49. The van der Waals surface area contributed by atoms with Crippen LogP contribution in [-0.2, 0) is 11.8 Å². The van der Waals surface area contributed by atoms with E-state index in [0.717, 1.165) is 38.1 Å². The van der Waals surface area contributed by atoms with E-state index in [-0.39, 0.29) is 11.5 Å². The summed E-state index contributed by atoms with van der Waals surface area (Å²) in [4.78, 5) is 14.8. The number of benzene rings is 1. The molecule has 1 spiro atoms. The number of aromatic nitrogens is 1. The number of amides is 1. The minimum absolute atomic E-state index is 0.119. The standard InChI is InChI=1S/C20H24N2O2/c1-21-11-5-9-18(21)19(23)22-12-6-10-20(15-22)13-17(14-24-20)16-7-3-2-4-8-16/h2-5,7-9,11,17H,6,10,12-15H2,1H3/t17-,20-/m1/s1. The Morgan fingerprint density at radius 1 is 1.21 bits per heavy atom. The van der Waals surface area contributed by atoms with Gasteiger partial charge in [-0.1, -0.05) is 30.3 Å². The van der Waals surface area contributed by atoms with Crippen molar-refractivity contribution in [2.24, 2.45) is 7.05 Å². The highest BCUT2D eigenvalue weighted by Gasteiger charge is 2.45. The Kier molecular flexibility index (Phi) is 3.93. The Hall–Kier alpha value is -2.07. The van der Waals surface area contributed by atoms with Gasteiger partial charge in [-0.3, -0.25) is 4.79 Å². The molecule has 4 rings (SSSR count). The number of rotatable bonds is 2. The number of ether oxygens (including phenoxy) is 1. The van der Waals surface area contributed by atoms with E-state index in [1.54, 1.807) is 0 Å². The van der Waals surface area contributed by atoms with Gasteiger partial charge in [0, 0.05) is 25.7 Å². The fraction of sp³-hybridized carbons (Fsp3) is 0.450. The zero-order valence-corrected chi connectivity index (χ0v) is 14.1. The van der Waals surface area contributed by atoms with Gasteiger partial charge in [-0.05, 0) is 37.0 Å². The molecule has 2 fully saturated rings. The van der Waals surface area contributed by atoms with Gasteiger partial charge >= 0.3 is 0 Å². The molecule has 2 aromatic rings. The van der Waals surface area contributed by atoms with E-state index in [1.165, 1.54) is 5.56 Å². The van der Waals surface area contributed by atoms with Crippen molar-refractivity contribution in [1.29, 1.82) is 0 Å². The largest absolute Gasteiger partial charge is 0.372 e. The Morgan fingerprint density at radius 3 is 2.79 bits per heavy atom. The third-order valence-electron chi connectivity index (χ3n) is 5.47. The molecule has 2 aliphatic rings. The van der Waals surface area contributed by atoms with Crippen molar-refractivity contribution in [3.8, 4) is 0 Å². The van der Waals surface area contributed by atoms with Crippen LogP contribution in [0.2, 0.25) is 0 Å². The van der Waals surface area contributed by atoms with Gasteiger partial charge in [0.25, 0.3) is 5.91 Å². The molecule has 0 bridgehead atoms. The van der Waals surface area contributed by atoms with Gasteiger partial charge in [0.1, 0.15) is 5.69 Å². The summed E-state index contributed by atoms with van der Waals surface area (Å²) in [7, 11) is 1.92. The van der Waals surface area contributed by atoms with Gasteiger partial charge in [-0.15, -0.1) is 0 Å². The third-order valence-corrected chi connectivity index (χ3v) is 5.47. The normalized spacial score (nSPS) is 26.9. The molecule has 2 saturated heterocycles. The molecular weight excluding hydrogens is 300 g/mol. The van der Waals surface area contributed by atoms with Crippen LogP contribution >= 0.6 is 0 Å². The average Bonchev–Trinajstić information content (AvgIpc) is 3.22. The molecule has 4 heteroatoms. The lowest BCUT2D eigenvalue weighted by Gasteiger charge is -2.39. The van der Waals surface area contributed by atoms with E-state index in [4.69, 9.17) is 4.74 Å². The lowest BCUT2D eigenvalue weighted by molar-refractivity contribution is -0.0449. The predicted molar refractivity (Wildman–Crippen MR) is 93.0 cm³/mol. The highest BCUT2D eigenvalue weighted by molar-refractivity contribution is 5.92. The number of hydrogen-bond acceptors (Lipinski definition) is 2. The molecule has 24 heavy (non-hydrogen) atoms. The number of likely N-dealkylation sites (tertiary alicyclic amines) is 1. The first-order chi connectivity index (χ1) is 11.7. The van der Waals surface area contributed by atoms with E-state index in [1.807, 2.05) is 34.8 Å². The van der Waals surface area contributed by atoms with Crippen molar-refractivity contribution >= 4 is 5.91 Å². The Bertz CT molecular complexity index is 724. The molecule has 0 N–H and O–H groups in total. The summed E-state index contributed by atoms with van der Waals surface area (Å²) in [5, 5.41) is 0. The molecule has 0 saturated carbocycles. The quantitative estimate of drug-likeness (QED) is 0.850. The van der Waals surface area contributed by atoms with Crippen molar-refractivity contribution in [2.75, 3.05) is 19.7 Å². The molecule has 0 aliphatic carbocycles. The summed E-state index contributed by atoms with van der Waals surface area (Å²) in [5.41, 5.74) is 1.93. The summed E-state index contributed by atoms with van der Waals surface area (Å²) in [5.74, 6) is 0.560. The second-order valence-electron chi connectivity index (χ2n) is 7.14. The van der Waals surface area contributed by atoms with Crippen molar-refractivity contribution in [3.05, 3.63) is 59.9 Å². The molecular formula is C20H24N2O2. The van der Waals surface area contributed by atoms with Crippen molar-refractivity contribution in [1.82, 2.24) is 9.47 Å². The molecule has 1 aromatic carbocycles. The predicted octanol–water partition coefficient (Wildman–Crippen LogP) is 3.20. The maximum absolute atomic E-state index is 12.8. The first-order valence-corrected chi connectivity index (χ1v) is 8.76. The Morgan fingerprint density at radius 2 is 2.04 bits per heavy atom. The molecule has 1 amide bonds. The summed E-state index contributed by atoms with van der Waals surface area (Å²) >= 11 is 0. The van der Waals surface area contributed by atoms with Crippen LogP contribution in [0.25, 0.3) is 0 Å². The fourth-order valence-corrected chi connectivity index (χ4v) is 4.18. The minimum Gasteiger partial charge on any atom is -0.372 e. The first kappa shape index (κ1) is 15.5. The fourth-order valence-electron chi connectivity index (χ4n) is 4.18. The molecule has 1 aromatic heterocycles. The van der Waals surface area contributed by atoms with Gasteiger partial charge in [-0.25, -0.2) is 0 Å². The van der Waals surface area contributed by atoms with E-state index in [2.05, 4.69) is 30.3 Å². The molecule has 2 aliphatic heterocycles.